The molecule has 1 aromatic rings. The van der Waals surface area contributed by atoms with Crippen LogP contribution in [0.15, 0.2) is 12.1 Å². The summed E-state index contributed by atoms with van der Waals surface area (Å²) in [6, 6.07) is 4.06. The number of hydrogen-bond donors (Lipinski definition) is 1. The van der Waals surface area contributed by atoms with E-state index in [0.717, 1.165) is 22.3 Å². The standard InChI is InChI=1S/C13H19NO2/c1-4-16-13(15)7-12-9(2)5-11(8-14)6-10(12)3/h5-6H,4,7-8,14H2,1-3H3. The molecule has 0 radical (unpaired) electrons. The normalized spacial score (nSPS) is 10.2. The van der Waals surface area contributed by atoms with Gasteiger partial charge in [-0.3, -0.25) is 4.79 Å². The van der Waals surface area contributed by atoms with E-state index in [-0.39, 0.29) is 5.97 Å². The lowest BCUT2D eigenvalue weighted by Crippen LogP contribution is -2.10. The molecule has 0 atom stereocenters. The molecule has 1 aromatic carbocycles. The van der Waals surface area contributed by atoms with E-state index in [0.29, 0.717) is 19.6 Å². The summed E-state index contributed by atoms with van der Waals surface area (Å²) in [5.41, 5.74) is 9.96. The Morgan fingerprint density at radius 3 is 2.31 bits per heavy atom. The van der Waals surface area contributed by atoms with Crippen molar-refractivity contribution in [3.05, 3.63) is 34.4 Å². The van der Waals surface area contributed by atoms with Crippen molar-refractivity contribution in [2.45, 2.75) is 33.7 Å². The third-order valence-electron chi connectivity index (χ3n) is 2.62. The number of carbonyl (C=O) groups is 1. The van der Waals surface area contributed by atoms with Crippen LogP contribution >= 0.6 is 0 Å². The number of esters is 1. The van der Waals surface area contributed by atoms with Crippen LogP contribution in [0.25, 0.3) is 0 Å². The Kier molecular flexibility index (Phi) is 4.50. The second-order valence-corrected chi connectivity index (χ2v) is 3.89. The largest absolute Gasteiger partial charge is 0.466 e. The molecule has 0 aliphatic carbocycles. The maximum absolute atomic E-state index is 11.4. The van der Waals surface area contributed by atoms with Crippen LogP contribution in [0, 0.1) is 13.8 Å². The van der Waals surface area contributed by atoms with Gasteiger partial charge >= 0.3 is 5.97 Å². The lowest BCUT2D eigenvalue weighted by molar-refractivity contribution is -0.142. The molecule has 0 heterocycles. The van der Waals surface area contributed by atoms with Gasteiger partial charge in [0, 0.05) is 6.54 Å². The Morgan fingerprint density at radius 1 is 1.31 bits per heavy atom. The van der Waals surface area contributed by atoms with Crippen molar-refractivity contribution in [3.63, 3.8) is 0 Å². The van der Waals surface area contributed by atoms with E-state index in [2.05, 4.69) is 0 Å². The Labute approximate surface area is 96.6 Å². The number of nitrogens with two attached hydrogens (primary N) is 1. The van der Waals surface area contributed by atoms with Crippen molar-refractivity contribution < 1.29 is 9.53 Å². The fraction of sp³-hybridized carbons (Fsp3) is 0.462. The molecule has 0 aromatic heterocycles. The number of hydrogen-bond acceptors (Lipinski definition) is 3. The van der Waals surface area contributed by atoms with Gasteiger partial charge in [0.05, 0.1) is 13.0 Å². The maximum Gasteiger partial charge on any atom is 0.310 e. The zero-order valence-corrected chi connectivity index (χ0v) is 10.2. The Hall–Kier alpha value is -1.35. The van der Waals surface area contributed by atoms with Crippen LogP contribution in [0.1, 0.15) is 29.2 Å². The number of benzene rings is 1. The lowest BCUT2D eigenvalue weighted by Gasteiger charge is -2.11. The third kappa shape index (κ3) is 3.07. The highest BCUT2D eigenvalue weighted by Crippen LogP contribution is 2.17. The van der Waals surface area contributed by atoms with E-state index in [1.165, 1.54) is 0 Å². The predicted octanol–water partition coefficient (Wildman–Crippen LogP) is 1.87. The summed E-state index contributed by atoms with van der Waals surface area (Å²) >= 11 is 0. The Morgan fingerprint density at radius 2 is 1.88 bits per heavy atom. The molecular weight excluding hydrogens is 202 g/mol. The van der Waals surface area contributed by atoms with Crippen LogP contribution in [-0.4, -0.2) is 12.6 Å². The molecule has 0 unspecified atom stereocenters. The average Bonchev–Trinajstić information content (AvgIpc) is 2.23. The molecule has 2 N–H and O–H groups in total. The monoisotopic (exact) mass is 221 g/mol. The highest BCUT2D eigenvalue weighted by molar-refractivity contribution is 5.73. The summed E-state index contributed by atoms with van der Waals surface area (Å²) in [5, 5.41) is 0. The van der Waals surface area contributed by atoms with Crippen LogP contribution < -0.4 is 5.73 Å². The Bertz CT molecular complexity index is 363. The summed E-state index contributed by atoms with van der Waals surface area (Å²) in [7, 11) is 0. The van der Waals surface area contributed by atoms with Gasteiger partial charge in [-0.25, -0.2) is 0 Å². The van der Waals surface area contributed by atoms with Gasteiger partial charge in [0.1, 0.15) is 0 Å². The molecule has 3 heteroatoms. The third-order valence-corrected chi connectivity index (χ3v) is 2.62. The van der Waals surface area contributed by atoms with Crippen molar-refractivity contribution in [3.8, 4) is 0 Å². The molecule has 0 amide bonds. The molecule has 0 spiro atoms. The van der Waals surface area contributed by atoms with Crippen LogP contribution in [-0.2, 0) is 22.5 Å². The summed E-state index contributed by atoms with van der Waals surface area (Å²) in [5.74, 6) is -0.172. The molecular formula is C13H19NO2. The van der Waals surface area contributed by atoms with Crippen molar-refractivity contribution in [2.75, 3.05) is 6.61 Å². The zero-order chi connectivity index (χ0) is 12.1. The molecule has 0 fully saturated rings. The Balaban J connectivity index is 2.92. The first-order valence-electron chi connectivity index (χ1n) is 5.53. The van der Waals surface area contributed by atoms with Crippen molar-refractivity contribution >= 4 is 5.97 Å². The van der Waals surface area contributed by atoms with Gasteiger partial charge in [0.25, 0.3) is 0 Å². The van der Waals surface area contributed by atoms with Crippen LogP contribution in [0.5, 0.6) is 0 Å². The second-order valence-electron chi connectivity index (χ2n) is 3.89. The van der Waals surface area contributed by atoms with Crippen LogP contribution in [0.2, 0.25) is 0 Å². The summed E-state index contributed by atoms with van der Waals surface area (Å²) in [6.07, 6.45) is 0.344. The fourth-order valence-corrected chi connectivity index (χ4v) is 1.84. The number of aryl methyl sites for hydroxylation is 2. The van der Waals surface area contributed by atoms with Gasteiger partial charge in [-0.05, 0) is 43.0 Å². The summed E-state index contributed by atoms with van der Waals surface area (Å²) < 4.78 is 4.95. The van der Waals surface area contributed by atoms with Gasteiger partial charge in [0.15, 0.2) is 0 Å². The van der Waals surface area contributed by atoms with E-state index in [1.807, 2.05) is 32.9 Å². The molecule has 0 saturated carbocycles. The summed E-state index contributed by atoms with van der Waals surface area (Å²) in [6.45, 7) is 6.77. The highest BCUT2D eigenvalue weighted by Gasteiger charge is 2.10. The minimum absolute atomic E-state index is 0.172. The molecule has 88 valence electrons. The quantitative estimate of drug-likeness (QED) is 0.790. The minimum atomic E-state index is -0.172. The highest BCUT2D eigenvalue weighted by atomic mass is 16.5. The van der Waals surface area contributed by atoms with Crippen molar-refractivity contribution in [1.82, 2.24) is 0 Å². The van der Waals surface area contributed by atoms with E-state index >= 15 is 0 Å². The molecule has 0 aliphatic heterocycles. The number of rotatable bonds is 4. The number of ether oxygens (including phenoxy) is 1. The van der Waals surface area contributed by atoms with E-state index in [9.17, 15) is 4.79 Å². The topological polar surface area (TPSA) is 52.3 Å². The van der Waals surface area contributed by atoms with Crippen LogP contribution in [0.3, 0.4) is 0 Å². The van der Waals surface area contributed by atoms with Crippen molar-refractivity contribution in [2.24, 2.45) is 5.73 Å². The zero-order valence-electron chi connectivity index (χ0n) is 10.2. The smallest absolute Gasteiger partial charge is 0.310 e. The van der Waals surface area contributed by atoms with Gasteiger partial charge in [0.2, 0.25) is 0 Å². The van der Waals surface area contributed by atoms with E-state index in [4.69, 9.17) is 10.5 Å². The van der Waals surface area contributed by atoms with E-state index < -0.39 is 0 Å². The molecule has 1 rings (SSSR count). The SMILES string of the molecule is CCOC(=O)Cc1c(C)cc(CN)cc1C. The lowest BCUT2D eigenvalue weighted by atomic mass is 9.97. The molecule has 0 aliphatic rings. The number of carbonyl (C=O) groups excluding carboxylic acids is 1. The molecule has 0 bridgehead atoms. The van der Waals surface area contributed by atoms with Gasteiger partial charge in [-0.2, -0.15) is 0 Å². The van der Waals surface area contributed by atoms with Gasteiger partial charge in [-0.15, -0.1) is 0 Å². The fourth-order valence-electron chi connectivity index (χ4n) is 1.84. The van der Waals surface area contributed by atoms with E-state index in [1.54, 1.807) is 0 Å². The maximum atomic E-state index is 11.4. The predicted molar refractivity (Wildman–Crippen MR) is 64.1 cm³/mol. The average molecular weight is 221 g/mol. The van der Waals surface area contributed by atoms with Crippen molar-refractivity contribution in [1.29, 1.82) is 0 Å². The molecule has 3 nitrogen and oxygen atoms in total. The van der Waals surface area contributed by atoms with Gasteiger partial charge < -0.3 is 10.5 Å². The first-order valence-corrected chi connectivity index (χ1v) is 5.53. The first-order chi connectivity index (χ1) is 7.58. The minimum Gasteiger partial charge on any atom is -0.466 e. The molecule has 0 saturated heterocycles. The molecule has 16 heavy (non-hydrogen) atoms. The van der Waals surface area contributed by atoms with Crippen LogP contribution in [0.4, 0.5) is 0 Å². The first kappa shape index (κ1) is 12.7. The second kappa shape index (κ2) is 5.66. The van der Waals surface area contributed by atoms with Gasteiger partial charge in [-0.1, -0.05) is 12.1 Å². The summed E-state index contributed by atoms with van der Waals surface area (Å²) in [4.78, 5) is 11.4.